The quantitative estimate of drug-likeness (QED) is 0.514. The van der Waals surface area contributed by atoms with Crippen LogP contribution in [0.5, 0.6) is 0 Å². The van der Waals surface area contributed by atoms with Crippen LogP contribution in [0.1, 0.15) is 31.9 Å². The van der Waals surface area contributed by atoms with Crippen LogP contribution in [0.3, 0.4) is 0 Å². The number of amides is 1. The molecule has 0 atom stereocenters. The van der Waals surface area contributed by atoms with E-state index in [1.54, 1.807) is 26.8 Å². The van der Waals surface area contributed by atoms with Crippen molar-refractivity contribution in [2.45, 2.75) is 39.2 Å². The molecule has 4 rings (SSSR count). The van der Waals surface area contributed by atoms with Crippen molar-refractivity contribution < 1.29 is 23.1 Å². The molecule has 11 nitrogen and oxygen atoms in total. The van der Waals surface area contributed by atoms with E-state index in [0.29, 0.717) is 6.54 Å². The topological polar surface area (TPSA) is 148 Å². The number of aromatic amines is 1. The average molecular weight is 434 g/mol. The predicted molar refractivity (Wildman–Crippen MR) is 107 cm³/mol. The van der Waals surface area contributed by atoms with Gasteiger partial charge in [-0.05, 0) is 67.2 Å². The molecule has 0 radical (unpaired) electrons. The van der Waals surface area contributed by atoms with E-state index in [2.05, 4.69) is 40.2 Å². The molecule has 3 N–H and O–H groups in total. The number of halogens is 1. The summed E-state index contributed by atoms with van der Waals surface area (Å²) in [5, 5.41) is 16.2. The number of hydrogen-bond donors (Lipinski definition) is 3. The lowest BCUT2D eigenvalue weighted by molar-refractivity contribution is 0.0530. The van der Waals surface area contributed by atoms with Gasteiger partial charge in [0.15, 0.2) is 5.69 Å². The van der Waals surface area contributed by atoms with Crippen LogP contribution in [0.4, 0.5) is 15.0 Å². The van der Waals surface area contributed by atoms with Gasteiger partial charge >= 0.3 is 11.8 Å². The first kappa shape index (κ1) is 22.0. The average Bonchev–Trinajstić information content (AvgIpc) is 3.29. The Morgan fingerprint density at radius 3 is 2.55 bits per heavy atom. The van der Waals surface area contributed by atoms with Crippen molar-refractivity contribution >= 4 is 11.9 Å². The van der Waals surface area contributed by atoms with Gasteiger partial charge in [0.05, 0.1) is 0 Å². The van der Waals surface area contributed by atoms with Gasteiger partial charge in [-0.1, -0.05) is 11.2 Å². The van der Waals surface area contributed by atoms with Gasteiger partial charge in [-0.3, -0.25) is 9.51 Å². The van der Waals surface area contributed by atoms with Crippen molar-refractivity contribution in [2.24, 2.45) is 0 Å². The Hall–Kier alpha value is -3.70. The summed E-state index contributed by atoms with van der Waals surface area (Å²) in [6.45, 7) is 5.95. The molecule has 0 spiro atoms. The molecule has 1 aliphatic carbocycles. The summed E-state index contributed by atoms with van der Waals surface area (Å²) < 4.78 is 26.4. The minimum Gasteiger partial charge on any atom is -0.444 e. The number of nitrogens with zero attached hydrogens (tertiary/aromatic N) is 3. The number of ether oxygens (including phenoxy) is 1. The molecule has 0 saturated heterocycles. The van der Waals surface area contributed by atoms with Crippen molar-refractivity contribution in [3.63, 3.8) is 0 Å². The zero-order valence-electron chi connectivity index (χ0n) is 17.3. The molecule has 2 heterocycles. The Bertz CT molecular complexity index is 1080. The maximum absolute atomic E-state index is 12.4. The lowest BCUT2D eigenvalue weighted by atomic mass is 9.89. The van der Waals surface area contributed by atoms with Gasteiger partial charge in [0.1, 0.15) is 11.4 Å². The molecule has 31 heavy (non-hydrogen) atoms. The molecule has 166 valence electrons. The molecule has 0 aliphatic heterocycles. The highest BCUT2D eigenvalue weighted by Crippen LogP contribution is 2.22. The molecular weight excluding hydrogens is 411 g/mol. The van der Waals surface area contributed by atoms with Gasteiger partial charge in [-0.2, -0.15) is 0 Å². The fourth-order valence-electron chi connectivity index (χ4n) is 2.62. The number of fused-ring (bicyclic) bond motifs is 1. The summed E-state index contributed by atoms with van der Waals surface area (Å²) in [6.07, 6.45) is 1.68. The smallest absolute Gasteiger partial charge is 0.439 e. The van der Waals surface area contributed by atoms with E-state index in [4.69, 9.17) is 4.74 Å². The van der Waals surface area contributed by atoms with Crippen molar-refractivity contribution in [1.29, 1.82) is 0 Å². The minimum absolute atomic E-state index is 0.0915. The van der Waals surface area contributed by atoms with Gasteiger partial charge < -0.3 is 15.4 Å². The molecule has 0 fully saturated rings. The van der Waals surface area contributed by atoms with Crippen LogP contribution < -0.4 is 16.4 Å². The Balaban J connectivity index is 0.000000248. The summed E-state index contributed by atoms with van der Waals surface area (Å²) >= 11 is 0. The summed E-state index contributed by atoms with van der Waals surface area (Å²) in [5.74, 6) is -0.464. The second kappa shape index (κ2) is 9.41. The fourth-order valence-corrected chi connectivity index (χ4v) is 2.62. The number of carbonyl (C=O) groups excluding carboxylic acids is 1. The van der Waals surface area contributed by atoms with E-state index < -0.39 is 17.5 Å². The number of alkyl carbamates (subject to hydrolysis) is 1. The van der Waals surface area contributed by atoms with Crippen molar-refractivity contribution in [1.82, 2.24) is 25.8 Å². The van der Waals surface area contributed by atoms with Crippen LogP contribution in [0.2, 0.25) is 0 Å². The molecule has 1 amide bonds. The summed E-state index contributed by atoms with van der Waals surface area (Å²) in [5.41, 5.74) is 2.15. The maximum Gasteiger partial charge on any atom is 0.439 e. The van der Waals surface area contributed by atoms with Crippen molar-refractivity contribution in [3.8, 4) is 11.5 Å². The molecule has 1 aliphatic rings. The zero-order chi connectivity index (χ0) is 22.4. The Labute approximate surface area is 176 Å². The Kier molecular flexibility index (Phi) is 6.68. The molecule has 3 aromatic rings. The second-order valence-corrected chi connectivity index (χ2v) is 7.67. The van der Waals surface area contributed by atoms with Gasteiger partial charge in [0, 0.05) is 13.1 Å². The van der Waals surface area contributed by atoms with E-state index in [1.165, 1.54) is 17.2 Å². The second-order valence-electron chi connectivity index (χ2n) is 7.67. The standard InChI is InChI=1S/C11H16N6O5.C8H7F/c1-11(2,3)20-9(18)13-5-4-12-7-6(15-22-17-7)8-14-10(19)21-16-8;9-8-4-3-6-1-2-7(6)5-8/h4-5H2,1-3H3,(H,12,17)(H,13,18)(H,14,16,19);3-5H,1-2H2. The van der Waals surface area contributed by atoms with Crippen LogP contribution in [0, 0.1) is 5.82 Å². The first-order chi connectivity index (χ1) is 14.7. The summed E-state index contributed by atoms with van der Waals surface area (Å²) in [6, 6.07) is 5.02. The predicted octanol–water partition coefficient (Wildman–Crippen LogP) is 2.27. The monoisotopic (exact) mass is 434 g/mol. The van der Waals surface area contributed by atoms with E-state index >= 15 is 0 Å². The fraction of sp³-hybridized carbons (Fsp3) is 0.421. The third-order valence-corrected chi connectivity index (χ3v) is 4.07. The number of benzene rings is 1. The van der Waals surface area contributed by atoms with Gasteiger partial charge in [-0.15, -0.1) is 0 Å². The normalized spacial score (nSPS) is 12.1. The number of H-pyrrole nitrogens is 1. The maximum atomic E-state index is 12.4. The summed E-state index contributed by atoms with van der Waals surface area (Å²) in [7, 11) is 0. The highest BCUT2D eigenvalue weighted by atomic mass is 19.1. The third kappa shape index (κ3) is 6.39. The SMILES string of the molecule is CC(C)(C)OC(=O)NCCNc1nonc1-c1noc(=O)[nH]1.Fc1ccc2c(c1)CC2. The largest absolute Gasteiger partial charge is 0.444 e. The van der Waals surface area contributed by atoms with Crippen LogP contribution in [-0.2, 0) is 17.6 Å². The first-order valence-corrected chi connectivity index (χ1v) is 9.58. The third-order valence-electron chi connectivity index (χ3n) is 4.07. The molecule has 0 bridgehead atoms. The van der Waals surface area contributed by atoms with Crippen LogP contribution >= 0.6 is 0 Å². The Morgan fingerprint density at radius 1 is 1.19 bits per heavy atom. The number of carbonyl (C=O) groups is 1. The molecule has 0 unspecified atom stereocenters. The van der Waals surface area contributed by atoms with Crippen molar-refractivity contribution in [3.05, 3.63) is 45.7 Å². The van der Waals surface area contributed by atoms with Crippen LogP contribution in [0.25, 0.3) is 11.5 Å². The lowest BCUT2D eigenvalue weighted by Gasteiger charge is -2.19. The number of aromatic nitrogens is 4. The molecule has 0 saturated carbocycles. The van der Waals surface area contributed by atoms with Gasteiger partial charge in [-0.25, -0.2) is 18.6 Å². The van der Waals surface area contributed by atoms with Crippen LogP contribution in [-0.4, -0.2) is 45.2 Å². The van der Waals surface area contributed by atoms with Crippen LogP contribution in [0.15, 0.2) is 32.1 Å². The van der Waals surface area contributed by atoms with Gasteiger partial charge in [0.25, 0.3) is 0 Å². The number of aryl methyl sites for hydroxylation is 2. The number of hydrogen-bond acceptors (Lipinski definition) is 9. The highest BCUT2D eigenvalue weighted by molar-refractivity contribution is 5.68. The molecular formula is C19H23FN6O5. The molecule has 2 aromatic heterocycles. The number of nitrogens with one attached hydrogen (secondary N) is 3. The Morgan fingerprint density at radius 2 is 1.97 bits per heavy atom. The van der Waals surface area contributed by atoms with E-state index in [-0.39, 0.29) is 29.7 Å². The molecule has 1 aromatic carbocycles. The summed E-state index contributed by atoms with van der Waals surface area (Å²) in [4.78, 5) is 24.7. The first-order valence-electron chi connectivity index (χ1n) is 9.58. The van der Waals surface area contributed by atoms with Gasteiger partial charge in [0.2, 0.25) is 11.6 Å². The number of anilines is 1. The zero-order valence-corrected chi connectivity index (χ0v) is 17.3. The minimum atomic E-state index is -0.712. The molecule has 12 heteroatoms. The number of rotatable bonds is 5. The van der Waals surface area contributed by atoms with E-state index in [1.807, 2.05) is 6.07 Å². The lowest BCUT2D eigenvalue weighted by Crippen LogP contribution is -2.35. The highest BCUT2D eigenvalue weighted by Gasteiger charge is 2.18. The van der Waals surface area contributed by atoms with E-state index in [0.717, 1.165) is 12.8 Å². The van der Waals surface area contributed by atoms with Crippen molar-refractivity contribution in [2.75, 3.05) is 18.4 Å². The van der Waals surface area contributed by atoms with E-state index in [9.17, 15) is 14.0 Å².